The number of likely N-dealkylation sites (N-methyl/N-ethyl adjacent to an activating group) is 1. The molecule has 42 heavy (non-hydrogen) atoms. The van der Waals surface area contributed by atoms with Crippen molar-refractivity contribution in [3.8, 4) is 12.1 Å². The van der Waals surface area contributed by atoms with E-state index in [4.69, 9.17) is 14.7 Å². The largest absolute Gasteiger partial charge is 0.462 e. The molecule has 220 valence electrons. The molecular formula is C32H38FN7O2. The van der Waals surface area contributed by atoms with Gasteiger partial charge in [0, 0.05) is 37.8 Å². The summed E-state index contributed by atoms with van der Waals surface area (Å²) in [5.74, 6) is 1.66. The third kappa shape index (κ3) is 4.77. The maximum atomic E-state index is 15.4. The normalized spacial score (nSPS) is 26.4. The molecule has 2 saturated heterocycles. The summed E-state index contributed by atoms with van der Waals surface area (Å²) in [6.45, 7) is 7.95. The van der Waals surface area contributed by atoms with Crippen molar-refractivity contribution in [3.05, 3.63) is 53.0 Å². The molecule has 4 heterocycles. The van der Waals surface area contributed by atoms with Crippen LogP contribution in [-0.2, 0) is 24.2 Å². The fourth-order valence-electron chi connectivity index (χ4n) is 7.65. The lowest BCUT2D eigenvalue weighted by Gasteiger charge is -2.42. The number of rotatable bonds is 7. The van der Waals surface area contributed by atoms with Crippen LogP contribution in [0.15, 0.2) is 24.8 Å². The number of carbonyl (C=O) groups is 1. The highest BCUT2D eigenvalue weighted by atomic mass is 19.1. The monoisotopic (exact) mass is 571 g/mol. The number of aromatic nitrogens is 2. The van der Waals surface area contributed by atoms with Crippen LogP contribution in [-0.4, -0.2) is 84.1 Å². The van der Waals surface area contributed by atoms with E-state index in [2.05, 4.69) is 34.4 Å². The van der Waals surface area contributed by atoms with E-state index in [1.165, 1.54) is 17.2 Å². The Hall–Kier alpha value is -3.71. The highest BCUT2D eigenvalue weighted by Crippen LogP contribution is 2.59. The van der Waals surface area contributed by atoms with Crippen LogP contribution < -0.4 is 14.5 Å². The number of carbonyl (C=O) groups excluding carboxylic acids is 1. The summed E-state index contributed by atoms with van der Waals surface area (Å²) in [6.07, 6.45) is 6.68. The van der Waals surface area contributed by atoms with E-state index in [1.54, 1.807) is 11.0 Å². The average Bonchev–Trinajstić information content (AvgIpc) is 3.49. The summed E-state index contributed by atoms with van der Waals surface area (Å²) < 4.78 is 21.7. The van der Waals surface area contributed by atoms with Gasteiger partial charge >= 0.3 is 6.01 Å². The van der Waals surface area contributed by atoms with E-state index >= 15 is 4.39 Å². The number of likely N-dealkylation sites (tertiary alicyclic amines) is 1. The van der Waals surface area contributed by atoms with Crippen LogP contribution in [0.5, 0.6) is 6.01 Å². The second-order valence-electron chi connectivity index (χ2n) is 12.5. The van der Waals surface area contributed by atoms with Gasteiger partial charge in [0.1, 0.15) is 18.2 Å². The quantitative estimate of drug-likeness (QED) is 0.468. The number of hydrogen-bond acceptors (Lipinski definition) is 8. The Morgan fingerprint density at radius 2 is 2.10 bits per heavy atom. The van der Waals surface area contributed by atoms with Gasteiger partial charge in [-0.3, -0.25) is 4.79 Å². The Morgan fingerprint density at radius 3 is 2.88 bits per heavy atom. The Morgan fingerprint density at radius 1 is 1.21 bits per heavy atom. The number of nitrogens with zero attached hydrogens (tertiary/aromatic N) is 7. The van der Waals surface area contributed by atoms with Crippen molar-refractivity contribution in [3.63, 3.8) is 0 Å². The molecule has 7 rings (SSSR count). The van der Waals surface area contributed by atoms with Gasteiger partial charge in [-0.05, 0) is 80.8 Å². The molecule has 1 saturated carbocycles. The van der Waals surface area contributed by atoms with E-state index in [-0.39, 0.29) is 24.2 Å². The molecule has 0 bridgehead atoms. The molecule has 3 fully saturated rings. The van der Waals surface area contributed by atoms with Crippen LogP contribution in [0.3, 0.4) is 0 Å². The Bertz CT molecular complexity index is 1460. The molecule has 3 aliphatic heterocycles. The third-order valence-electron chi connectivity index (χ3n) is 10.0. The van der Waals surface area contributed by atoms with E-state index in [0.717, 1.165) is 55.0 Å². The first-order valence-corrected chi connectivity index (χ1v) is 15.3. The summed E-state index contributed by atoms with van der Waals surface area (Å²) in [6, 6.07) is 6.25. The average molecular weight is 572 g/mol. The van der Waals surface area contributed by atoms with Gasteiger partial charge in [-0.1, -0.05) is 12.6 Å². The molecule has 10 heteroatoms. The van der Waals surface area contributed by atoms with Gasteiger partial charge in [0.25, 0.3) is 0 Å². The summed E-state index contributed by atoms with van der Waals surface area (Å²) in [4.78, 5) is 30.8. The van der Waals surface area contributed by atoms with E-state index < -0.39 is 0 Å². The first-order valence-electron chi connectivity index (χ1n) is 15.3. The highest BCUT2D eigenvalue weighted by Gasteiger charge is 2.48. The molecule has 0 spiro atoms. The fourth-order valence-corrected chi connectivity index (χ4v) is 7.65. The predicted octanol–water partition coefficient (Wildman–Crippen LogP) is 3.43. The summed E-state index contributed by atoms with van der Waals surface area (Å²) in [5, 5.41) is 9.51. The van der Waals surface area contributed by atoms with E-state index in [0.29, 0.717) is 69.6 Å². The minimum atomic E-state index is -0.260. The molecule has 2 unspecified atom stereocenters. The number of nitriles is 1. The van der Waals surface area contributed by atoms with Crippen LogP contribution in [0.2, 0.25) is 0 Å². The van der Waals surface area contributed by atoms with Gasteiger partial charge in [0.2, 0.25) is 5.91 Å². The Balaban J connectivity index is 1.21. The first-order chi connectivity index (χ1) is 20.4. The molecule has 1 aromatic carbocycles. The van der Waals surface area contributed by atoms with Gasteiger partial charge in [0.15, 0.2) is 0 Å². The van der Waals surface area contributed by atoms with Gasteiger partial charge < -0.3 is 24.3 Å². The lowest BCUT2D eigenvalue weighted by molar-refractivity contribution is -0.128. The maximum Gasteiger partial charge on any atom is 0.318 e. The van der Waals surface area contributed by atoms with E-state index in [9.17, 15) is 10.1 Å². The molecule has 5 aliphatic rings. The van der Waals surface area contributed by atoms with Crippen LogP contribution in [0.25, 0.3) is 0 Å². The Labute approximate surface area is 246 Å². The first kappa shape index (κ1) is 27.1. The second kappa shape index (κ2) is 10.8. The second-order valence-corrected chi connectivity index (χ2v) is 12.5. The van der Waals surface area contributed by atoms with Crippen molar-refractivity contribution in [2.45, 2.75) is 63.1 Å². The SMILES string of the molecule is C=CC(=O)N1CCN(c2nc(OC[C@@H]3CCCN3C)nc3c2CCN(c2c(F)ccc4c2C2CC2C4)C3)C[C@@H]1CC#N. The number of halogens is 1. The zero-order valence-electron chi connectivity index (χ0n) is 24.3. The molecule has 1 aromatic heterocycles. The summed E-state index contributed by atoms with van der Waals surface area (Å²) in [7, 11) is 2.12. The van der Waals surface area contributed by atoms with Crippen molar-refractivity contribution in [2.24, 2.45) is 5.92 Å². The molecule has 9 nitrogen and oxygen atoms in total. The number of amides is 1. The molecular weight excluding hydrogens is 533 g/mol. The summed E-state index contributed by atoms with van der Waals surface area (Å²) >= 11 is 0. The van der Waals surface area contributed by atoms with E-state index in [1.807, 2.05) is 6.07 Å². The van der Waals surface area contributed by atoms with Crippen molar-refractivity contribution in [1.29, 1.82) is 5.26 Å². The zero-order chi connectivity index (χ0) is 29.0. The maximum absolute atomic E-state index is 15.4. The summed E-state index contributed by atoms with van der Waals surface area (Å²) in [5.41, 5.74) is 5.17. The minimum Gasteiger partial charge on any atom is -0.462 e. The zero-order valence-corrected chi connectivity index (χ0v) is 24.3. The number of piperazine rings is 1. The van der Waals surface area contributed by atoms with Crippen molar-refractivity contribution in [1.82, 2.24) is 19.8 Å². The van der Waals surface area contributed by atoms with Crippen molar-refractivity contribution in [2.75, 3.05) is 56.2 Å². The third-order valence-corrected chi connectivity index (χ3v) is 10.0. The number of benzene rings is 1. The molecule has 2 aromatic rings. The number of fused-ring (bicyclic) bond motifs is 4. The fraction of sp³-hybridized carbons (Fsp3) is 0.562. The van der Waals surface area contributed by atoms with Crippen LogP contribution in [0.1, 0.15) is 54.0 Å². The number of anilines is 2. The molecule has 4 atom stereocenters. The van der Waals surface area contributed by atoms with Gasteiger partial charge in [-0.15, -0.1) is 0 Å². The van der Waals surface area contributed by atoms with Crippen molar-refractivity contribution >= 4 is 17.4 Å². The van der Waals surface area contributed by atoms with Crippen LogP contribution in [0, 0.1) is 23.1 Å². The van der Waals surface area contributed by atoms with Crippen LogP contribution in [0.4, 0.5) is 15.9 Å². The lowest BCUT2D eigenvalue weighted by Crippen LogP contribution is -2.55. The number of hydrogen-bond donors (Lipinski definition) is 0. The standard InChI is InChI=1S/C32H38FN7O2/c1-3-28(41)40-14-13-39(17-22(40)8-10-34)31-24-9-12-38(30-26(33)7-6-20-15-21-16-25(21)29(20)30)18-27(24)35-32(36-31)42-19-23-5-4-11-37(23)2/h3,6-7,21-23,25H,1,4-5,8-9,11-19H2,2H3/t21?,22-,23-,25?/m0/s1. The van der Waals surface area contributed by atoms with Gasteiger partial charge in [0.05, 0.1) is 36.5 Å². The highest BCUT2D eigenvalue weighted by molar-refractivity contribution is 5.87. The Kier molecular flexibility index (Phi) is 7.01. The smallest absolute Gasteiger partial charge is 0.318 e. The lowest BCUT2D eigenvalue weighted by atomic mass is 9.98. The topological polar surface area (TPSA) is 88.8 Å². The number of ether oxygens (including phenoxy) is 1. The molecule has 2 aliphatic carbocycles. The van der Waals surface area contributed by atoms with Crippen molar-refractivity contribution < 1.29 is 13.9 Å². The minimum absolute atomic E-state index is 0.151. The molecule has 1 amide bonds. The molecule has 0 N–H and O–H groups in total. The predicted molar refractivity (Wildman–Crippen MR) is 157 cm³/mol. The van der Waals surface area contributed by atoms with Crippen LogP contribution >= 0.6 is 0 Å². The molecule has 0 radical (unpaired) electrons. The van der Waals surface area contributed by atoms with Gasteiger partial charge in [-0.2, -0.15) is 15.2 Å². The van der Waals surface area contributed by atoms with Gasteiger partial charge in [-0.25, -0.2) is 4.39 Å².